The number of hydrogen-bond donors (Lipinski definition) is 1. The van der Waals surface area contributed by atoms with E-state index in [1.54, 1.807) is 7.11 Å². The van der Waals surface area contributed by atoms with Crippen LogP contribution in [-0.2, 0) is 11.3 Å². The molecular weight excluding hydrogens is 238 g/mol. The second kappa shape index (κ2) is 8.18. The predicted octanol–water partition coefficient (Wildman–Crippen LogP) is 3.24. The summed E-state index contributed by atoms with van der Waals surface area (Å²) in [5, 5.41) is 3.44. The summed E-state index contributed by atoms with van der Waals surface area (Å²) < 4.78 is 10.9. The largest absolute Gasteiger partial charge is 0.497 e. The van der Waals surface area contributed by atoms with Gasteiger partial charge in [0.15, 0.2) is 0 Å². The van der Waals surface area contributed by atoms with Crippen LogP contribution in [0.25, 0.3) is 0 Å². The van der Waals surface area contributed by atoms with Crippen LogP contribution >= 0.6 is 0 Å². The van der Waals surface area contributed by atoms with Crippen molar-refractivity contribution in [2.24, 2.45) is 5.41 Å². The lowest BCUT2D eigenvalue weighted by Crippen LogP contribution is -2.33. The van der Waals surface area contributed by atoms with E-state index in [0.717, 1.165) is 25.4 Å². The van der Waals surface area contributed by atoms with Gasteiger partial charge >= 0.3 is 0 Å². The first-order valence-electron chi connectivity index (χ1n) is 6.99. The van der Waals surface area contributed by atoms with Gasteiger partial charge in [-0.15, -0.1) is 0 Å². The van der Waals surface area contributed by atoms with Crippen molar-refractivity contribution in [3.63, 3.8) is 0 Å². The maximum Gasteiger partial charge on any atom is 0.118 e. The Bertz CT molecular complexity index is 346. The quantitative estimate of drug-likeness (QED) is 0.695. The molecule has 0 fully saturated rings. The third kappa shape index (κ3) is 6.60. The molecule has 3 nitrogen and oxygen atoms in total. The molecule has 0 amide bonds. The van der Waals surface area contributed by atoms with Gasteiger partial charge in [-0.2, -0.15) is 0 Å². The molecule has 0 aliphatic heterocycles. The summed E-state index contributed by atoms with van der Waals surface area (Å²) in [5.74, 6) is 0.882. The third-order valence-electron chi connectivity index (χ3n) is 2.95. The second-order valence-corrected chi connectivity index (χ2v) is 5.68. The Morgan fingerprint density at radius 1 is 1.16 bits per heavy atom. The minimum atomic E-state index is 0.168. The van der Waals surface area contributed by atoms with E-state index in [4.69, 9.17) is 9.47 Å². The fraction of sp³-hybridized carbons (Fsp3) is 0.625. The first-order chi connectivity index (χ1) is 9.07. The lowest BCUT2D eigenvalue weighted by Gasteiger charge is -2.24. The Labute approximate surface area is 117 Å². The van der Waals surface area contributed by atoms with Gasteiger partial charge in [0.2, 0.25) is 0 Å². The summed E-state index contributed by atoms with van der Waals surface area (Å²) in [6, 6.07) is 8.02. The molecule has 3 heteroatoms. The van der Waals surface area contributed by atoms with E-state index in [9.17, 15) is 0 Å². The molecule has 1 rings (SSSR count). The predicted molar refractivity (Wildman–Crippen MR) is 79.6 cm³/mol. The van der Waals surface area contributed by atoms with Crippen molar-refractivity contribution in [2.75, 3.05) is 26.8 Å². The molecule has 1 N–H and O–H groups in total. The zero-order valence-electron chi connectivity index (χ0n) is 12.7. The normalized spacial score (nSPS) is 11.6. The van der Waals surface area contributed by atoms with Crippen molar-refractivity contribution in [2.45, 2.75) is 33.8 Å². The van der Waals surface area contributed by atoms with E-state index in [0.29, 0.717) is 6.61 Å². The monoisotopic (exact) mass is 265 g/mol. The van der Waals surface area contributed by atoms with Gasteiger partial charge in [-0.1, -0.05) is 32.9 Å². The Morgan fingerprint density at radius 2 is 1.84 bits per heavy atom. The van der Waals surface area contributed by atoms with Crippen LogP contribution in [0.15, 0.2) is 24.3 Å². The Hall–Kier alpha value is -1.06. The van der Waals surface area contributed by atoms with Crippen LogP contribution < -0.4 is 10.1 Å². The Balaban J connectivity index is 2.27. The third-order valence-corrected chi connectivity index (χ3v) is 2.95. The zero-order chi connectivity index (χ0) is 14.1. The van der Waals surface area contributed by atoms with Crippen LogP contribution in [0.3, 0.4) is 0 Å². The molecule has 0 saturated heterocycles. The van der Waals surface area contributed by atoms with E-state index in [2.05, 4.69) is 26.1 Å². The average molecular weight is 265 g/mol. The minimum absolute atomic E-state index is 0.168. The lowest BCUT2D eigenvalue weighted by atomic mass is 9.95. The number of methoxy groups -OCH3 is 1. The van der Waals surface area contributed by atoms with Crippen LogP contribution in [0, 0.1) is 5.41 Å². The van der Waals surface area contributed by atoms with Crippen molar-refractivity contribution in [3.05, 3.63) is 29.8 Å². The molecule has 1 aromatic rings. The van der Waals surface area contributed by atoms with E-state index in [1.165, 1.54) is 12.0 Å². The molecule has 0 radical (unpaired) electrons. The molecular formula is C16H27NO2. The van der Waals surface area contributed by atoms with E-state index in [1.807, 2.05) is 24.3 Å². The molecule has 0 heterocycles. The molecule has 0 aliphatic carbocycles. The van der Waals surface area contributed by atoms with E-state index < -0.39 is 0 Å². The van der Waals surface area contributed by atoms with E-state index >= 15 is 0 Å². The fourth-order valence-electron chi connectivity index (χ4n) is 1.82. The zero-order valence-corrected chi connectivity index (χ0v) is 12.7. The van der Waals surface area contributed by atoms with Gasteiger partial charge in [0.1, 0.15) is 5.75 Å². The molecule has 108 valence electrons. The summed E-state index contributed by atoms with van der Waals surface area (Å²) >= 11 is 0. The van der Waals surface area contributed by atoms with Gasteiger partial charge in [-0.3, -0.25) is 0 Å². The fourth-order valence-corrected chi connectivity index (χ4v) is 1.82. The summed E-state index contributed by atoms with van der Waals surface area (Å²) in [5.41, 5.74) is 1.35. The smallest absolute Gasteiger partial charge is 0.118 e. The molecule has 0 spiro atoms. The number of ether oxygens (including phenoxy) is 2. The molecule has 0 unspecified atom stereocenters. The van der Waals surface area contributed by atoms with Gasteiger partial charge < -0.3 is 14.8 Å². The average Bonchev–Trinajstić information content (AvgIpc) is 2.39. The maximum atomic E-state index is 5.81. The number of nitrogens with one attached hydrogen (secondary N) is 1. The maximum absolute atomic E-state index is 5.81. The summed E-state index contributed by atoms with van der Waals surface area (Å²) in [7, 11) is 1.68. The van der Waals surface area contributed by atoms with Crippen molar-refractivity contribution >= 4 is 0 Å². The SMILES string of the molecule is CCCNCC(C)(C)COCc1ccc(OC)cc1. The first kappa shape index (κ1) is 16.0. The van der Waals surface area contributed by atoms with Crippen LogP contribution in [0.4, 0.5) is 0 Å². The topological polar surface area (TPSA) is 30.5 Å². The Morgan fingerprint density at radius 3 is 2.42 bits per heavy atom. The Kier molecular flexibility index (Phi) is 6.89. The first-order valence-corrected chi connectivity index (χ1v) is 6.99. The number of hydrogen-bond acceptors (Lipinski definition) is 3. The minimum Gasteiger partial charge on any atom is -0.497 e. The highest BCUT2D eigenvalue weighted by atomic mass is 16.5. The van der Waals surface area contributed by atoms with Gasteiger partial charge in [0.05, 0.1) is 20.3 Å². The molecule has 0 aliphatic rings. The van der Waals surface area contributed by atoms with Crippen LogP contribution in [0.1, 0.15) is 32.8 Å². The molecule has 1 aromatic carbocycles. The molecule has 19 heavy (non-hydrogen) atoms. The number of benzene rings is 1. The van der Waals surface area contributed by atoms with Crippen LogP contribution in [-0.4, -0.2) is 26.8 Å². The van der Waals surface area contributed by atoms with Crippen molar-refractivity contribution in [3.8, 4) is 5.75 Å². The highest BCUT2D eigenvalue weighted by Gasteiger charge is 2.17. The molecule has 0 saturated carbocycles. The summed E-state index contributed by atoms with van der Waals surface area (Å²) in [6.45, 7) is 10.1. The summed E-state index contributed by atoms with van der Waals surface area (Å²) in [4.78, 5) is 0. The van der Waals surface area contributed by atoms with E-state index in [-0.39, 0.29) is 5.41 Å². The van der Waals surface area contributed by atoms with Gasteiger partial charge in [0.25, 0.3) is 0 Å². The van der Waals surface area contributed by atoms with Crippen molar-refractivity contribution in [1.82, 2.24) is 5.32 Å². The van der Waals surface area contributed by atoms with Gasteiger partial charge in [-0.25, -0.2) is 0 Å². The van der Waals surface area contributed by atoms with Crippen LogP contribution in [0.5, 0.6) is 5.75 Å². The van der Waals surface area contributed by atoms with Crippen molar-refractivity contribution < 1.29 is 9.47 Å². The van der Waals surface area contributed by atoms with Gasteiger partial charge in [0, 0.05) is 12.0 Å². The van der Waals surface area contributed by atoms with Gasteiger partial charge in [-0.05, 0) is 30.7 Å². The van der Waals surface area contributed by atoms with Crippen LogP contribution in [0.2, 0.25) is 0 Å². The standard InChI is InChI=1S/C16H27NO2/c1-5-10-17-12-16(2,3)13-19-11-14-6-8-15(18-4)9-7-14/h6-9,17H,5,10-13H2,1-4H3. The lowest BCUT2D eigenvalue weighted by molar-refractivity contribution is 0.0513. The molecule has 0 atom stereocenters. The molecule has 0 bridgehead atoms. The summed E-state index contributed by atoms with van der Waals surface area (Å²) in [6.07, 6.45) is 1.17. The highest BCUT2D eigenvalue weighted by molar-refractivity contribution is 5.26. The highest BCUT2D eigenvalue weighted by Crippen LogP contribution is 2.16. The second-order valence-electron chi connectivity index (χ2n) is 5.68. The van der Waals surface area contributed by atoms with Crippen molar-refractivity contribution in [1.29, 1.82) is 0 Å². The molecule has 0 aromatic heterocycles. The number of rotatable bonds is 9.